The maximum Gasteiger partial charge on any atom is 0.311 e. The number of rotatable bonds is 6. The van der Waals surface area contributed by atoms with Crippen LogP contribution in [0, 0.1) is 10.1 Å². The second-order valence-electron chi connectivity index (χ2n) is 6.12. The quantitative estimate of drug-likeness (QED) is 0.643. The Morgan fingerprint density at radius 1 is 1.12 bits per heavy atom. The number of nitrogens with zero attached hydrogens (tertiary/aromatic N) is 3. The third kappa shape index (κ3) is 4.68. The van der Waals surface area contributed by atoms with Crippen LogP contribution >= 0.6 is 0 Å². The van der Waals surface area contributed by atoms with E-state index in [1.54, 1.807) is 12.1 Å². The van der Waals surface area contributed by atoms with Gasteiger partial charge >= 0.3 is 5.69 Å². The Morgan fingerprint density at radius 3 is 2.52 bits per heavy atom. The zero-order valence-electron chi connectivity index (χ0n) is 14.2. The van der Waals surface area contributed by atoms with Crippen molar-refractivity contribution >= 4 is 11.4 Å². The zero-order valence-corrected chi connectivity index (χ0v) is 14.2. The van der Waals surface area contributed by atoms with Crippen molar-refractivity contribution in [3.8, 4) is 5.75 Å². The Morgan fingerprint density at radius 2 is 1.84 bits per heavy atom. The van der Waals surface area contributed by atoms with E-state index in [4.69, 9.17) is 4.74 Å². The first-order chi connectivity index (χ1) is 12.1. The number of nitro benzene ring substituents is 1. The number of hydrazine groups is 1. The maximum absolute atomic E-state index is 11.3. The molecule has 0 unspecified atom stereocenters. The molecule has 1 aliphatic heterocycles. The lowest BCUT2D eigenvalue weighted by Gasteiger charge is -2.33. The summed E-state index contributed by atoms with van der Waals surface area (Å²) >= 11 is 0. The fraction of sp³-hybridized carbons (Fsp3) is 0.333. The minimum Gasteiger partial charge on any atom is -0.482 e. The summed E-state index contributed by atoms with van der Waals surface area (Å²) in [5, 5.41) is 13.4. The van der Waals surface area contributed by atoms with E-state index in [1.807, 2.05) is 30.3 Å². The Labute approximate surface area is 146 Å². The van der Waals surface area contributed by atoms with Gasteiger partial charge in [-0.25, -0.2) is 5.01 Å². The molecule has 0 radical (unpaired) electrons. The predicted molar refractivity (Wildman–Crippen MR) is 96.6 cm³/mol. The largest absolute Gasteiger partial charge is 0.482 e. The summed E-state index contributed by atoms with van der Waals surface area (Å²) in [6, 6.07) is 14.5. The van der Waals surface area contributed by atoms with Gasteiger partial charge in [0, 0.05) is 38.3 Å². The molecule has 1 N–H and O–H groups in total. The van der Waals surface area contributed by atoms with E-state index in [9.17, 15) is 10.1 Å². The van der Waals surface area contributed by atoms with Gasteiger partial charge in [-0.15, -0.1) is 0 Å². The van der Waals surface area contributed by atoms with E-state index in [0.717, 1.165) is 37.4 Å². The van der Waals surface area contributed by atoms with Crippen molar-refractivity contribution in [3.05, 3.63) is 64.2 Å². The van der Waals surface area contributed by atoms with Crippen LogP contribution in [0.4, 0.5) is 11.4 Å². The summed E-state index contributed by atoms with van der Waals surface area (Å²) in [4.78, 5) is 13.1. The molecule has 2 aromatic carbocycles. The molecule has 7 heteroatoms. The van der Waals surface area contributed by atoms with E-state index < -0.39 is 4.92 Å². The van der Waals surface area contributed by atoms with Gasteiger partial charge in [0.2, 0.25) is 0 Å². The molecule has 1 fully saturated rings. The van der Waals surface area contributed by atoms with Crippen molar-refractivity contribution < 1.29 is 9.66 Å². The van der Waals surface area contributed by atoms with E-state index in [-0.39, 0.29) is 11.4 Å². The Kier molecular flexibility index (Phi) is 5.47. The van der Waals surface area contributed by atoms with Gasteiger partial charge in [-0.05, 0) is 18.7 Å². The van der Waals surface area contributed by atoms with Crippen molar-refractivity contribution in [2.75, 3.05) is 38.7 Å². The van der Waals surface area contributed by atoms with Crippen molar-refractivity contribution in [2.24, 2.45) is 0 Å². The van der Waals surface area contributed by atoms with Crippen molar-refractivity contribution in [1.29, 1.82) is 0 Å². The summed E-state index contributed by atoms with van der Waals surface area (Å²) in [5.41, 5.74) is 5.04. The van der Waals surface area contributed by atoms with E-state index in [0.29, 0.717) is 6.61 Å². The van der Waals surface area contributed by atoms with Crippen molar-refractivity contribution in [3.63, 3.8) is 0 Å². The summed E-state index contributed by atoms with van der Waals surface area (Å²) < 4.78 is 5.72. The third-order valence-electron chi connectivity index (χ3n) is 4.18. The molecule has 7 nitrogen and oxygen atoms in total. The van der Waals surface area contributed by atoms with E-state index in [1.165, 1.54) is 6.07 Å². The van der Waals surface area contributed by atoms with Crippen molar-refractivity contribution in [1.82, 2.24) is 9.91 Å². The van der Waals surface area contributed by atoms with Gasteiger partial charge in [-0.2, -0.15) is 0 Å². The average molecular weight is 342 g/mol. The Bertz CT molecular complexity index is 716. The van der Waals surface area contributed by atoms with Crippen LogP contribution in [-0.4, -0.2) is 48.1 Å². The maximum atomic E-state index is 11.3. The number of hydrogen-bond donors (Lipinski definition) is 1. The van der Waals surface area contributed by atoms with Crippen LogP contribution in [0.3, 0.4) is 0 Å². The highest BCUT2D eigenvalue weighted by molar-refractivity contribution is 5.57. The van der Waals surface area contributed by atoms with Crippen LogP contribution in [0.25, 0.3) is 0 Å². The molecule has 0 saturated carbocycles. The molecule has 0 bridgehead atoms. The number of ether oxygens (including phenoxy) is 1. The molecule has 132 valence electrons. The van der Waals surface area contributed by atoms with Gasteiger partial charge in [0.1, 0.15) is 6.61 Å². The molecule has 25 heavy (non-hydrogen) atoms. The van der Waals surface area contributed by atoms with Crippen LogP contribution in [-0.2, 0) is 6.61 Å². The van der Waals surface area contributed by atoms with Gasteiger partial charge in [-0.1, -0.05) is 30.3 Å². The second-order valence-corrected chi connectivity index (χ2v) is 6.12. The fourth-order valence-corrected chi connectivity index (χ4v) is 2.69. The monoisotopic (exact) mass is 342 g/mol. The number of nitro groups is 1. The number of anilines is 1. The summed E-state index contributed by atoms with van der Waals surface area (Å²) in [6.07, 6.45) is 0. The normalized spacial score (nSPS) is 15.7. The zero-order chi connectivity index (χ0) is 17.6. The summed E-state index contributed by atoms with van der Waals surface area (Å²) in [5.74, 6) is 0.271. The van der Waals surface area contributed by atoms with Gasteiger partial charge < -0.3 is 15.1 Å². The molecule has 0 atom stereocenters. The minimum atomic E-state index is -0.417. The molecule has 0 aromatic heterocycles. The third-order valence-corrected chi connectivity index (χ3v) is 4.18. The Balaban J connectivity index is 1.71. The summed E-state index contributed by atoms with van der Waals surface area (Å²) in [7, 11) is 2.10. The van der Waals surface area contributed by atoms with Crippen LogP contribution in [0.15, 0.2) is 48.5 Å². The molecule has 1 heterocycles. The van der Waals surface area contributed by atoms with Crippen LogP contribution in [0.2, 0.25) is 0 Å². The number of piperazine rings is 1. The average Bonchev–Trinajstić information content (AvgIpc) is 2.63. The van der Waals surface area contributed by atoms with Gasteiger partial charge in [0.25, 0.3) is 0 Å². The van der Waals surface area contributed by atoms with Gasteiger partial charge in [0.15, 0.2) is 5.75 Å². The Hall–Kier alpha value is -2.64. The smallest absolute Gasteiger partial charge is 0.311 e. The minimum absolute atomic E-state index is 0.0279. The van der Waals surface area contributed by atoms with Crippen LogP contribution in [0.1, 0.15) is 5.56 Å². The lowest BCUT2D eigenvalue weighted by molar-refractivity contribution is -0.385. The lowest BCUT2D eigenvalue weighted by Crippen LogP contribution is -2.46. The van der Waals surface area contributed by atoms with E-state index in [2.05, 4.69) is 22.4 Å². The fourth-order valence-electron chi connectivity index (χ4n) is 2.69. The first-order valence-electron chi connectivity index (χ1n) is 8.27. The molecule has 3 rings (SSSR count). The molecular weight excluding hydrogens is 320 g/mol. The molecule has 0 amide bonds. The second kappa shape index (κ2) is 7.96. The summed E-state index contributed by atoms with van der Waals surface area (Å²) in [6.45, 7) is 4.05. The highest BCUT2D eigenvalue weighted by atomic mass is 16.6. The SMILES string of the molecule is CN1CCN(Nc2ccc([N+](=O)[O-])c(OCc3ccccc3)c2)CC1. The standard InChI is InChI=1S/C18H22N4O3/c1-20-9-11-21(12-10-20)19-16-7-8-17(22(23)24)18(13-16)25-14-15-5-3-2-4-6-15/h2-8,13,19H,9-12,14H2,1H3. The molecule has 1 saturated heterocycles. The molecule has 2 aromatic rings. The van der Waals surface area contributed by atoms with Crippen LogP contribution in [0.5, 0.6) is 5.75 Å². The molecule has 0 aliphatic carbocycles. The number of benzene rings is 2. The highest BCUT2D eigenvalue weighted by Crippen LogP contribution is 2.31. The predicted octanol–water partition coefficient (Wildman–Crippen LogP) is 2.75. The topological polar surface area (TPSA) is 70.9 Å². The number of nitrogens with one attached hydrogen (secondary N) is 1. The number of likely N-dealkylation sites (N-methyl/N-ethyl adjacent to an activating group) is 1. The molecular formula is C18H22N4O3. The van der Waals surface area contributed by atoms with Gasteiger partial charge in [0.05, 0.1) is 10.6 Å². The molecule has 1 aliphatic rings. The first kappa shape index (κ1) is 17.2. The van der Waals surface area contributed by atoms with Gasteiger partial charge in [-0.3, -0.25) is 10.1 Å². The highest BCUT2D eigenvalue weighted by Gasteiger charge is 2.18. The van der Waals surface area contributed by atoms with E-state index >= 15 is 0 Å². The first-order valence-corrected chi connectivity index (χ1v) is 8.27. The van der Waals surface area contributed by atoms with Crippen molar-refractivity contribution in [2.45, 2.75) is 6.61 Å². The lowest BCUT2D eigenvalue weighted by atomic mass is 10.2. The molecule has 0 spiro atoms. The number of hydrogen-bond acceptors (Lipinski definition) is 6. The van der Waals surface area contributed by atoms with Crippen LogP contribution < -0.4 is 10.2 Å².